The van der Waals surface area contributed by atoms with E-state index in [-0.39, 0.29) is 0 Å². The highest BCUT2D eigenvalue weighted by atomic mass is 127. The number of aromatic amines is 1. The van der Waals surface area contributed by atoms with Gasteiger partial charge < -0.3 is 9.72 Å². The Labute approximate surface area is 222 Å². The largest absolute Gasteiger partial charge is 0.487 e. The maximum absolute atomic E-state index is 9.74. The number of nitrogens with one attached hydrogen (secondary N) is 1. The number of nitrogens with zero attached hydrogens (tertiary/aromatic N) is 2. The third kappa shape index (κ3) is 5.22. The number of imidazole rings is 1. The second-order valence-electron chi connectivity index (χ2n) is 7.11. The van der Waals surface area contributed by atoms with Gasteiger partial charge in [-0.3, -0.25) is 0 Å². The summed E-state index contributed by atoms with van der Waals surface area (Å²) in [6.45, 7) is 2.36. The highest BCUT2D eigenvalue weighted by Crippen LogP contribution is 2.32. The zero-order chi connectivity index (χ0) is 22.8. The monoisotopic (exact) mass is 685 g/mol. The van der Waals surface area contributed by atoms with Crippen molar-refractivity contribution in [3.05, 3.63) is 88.2 Å². The van der Waals surface area contributed by atoms with Crippen molar-refractivity contribution < 1.29 is 4.74 Å². The third-order valence-electron chi connectivity index (χ3n) is 4.73. The number of H-pyrrole nitrogens is 1. The van der Waals surface area contributed by atoms with Gasteiger partial charge >= 0.3 is 0 Å². The Bertz CT molecular complexity index is 1380. The number of benzene rings is 3. The van der Waals surface area contributed by atoms with Crippen LogP contribution < -0.4 is 4.74 Å². The fraction of sp³-hybridized carbons (Fsp3) is 0.0833. The van der Waals surface area contributed by atoms with E-state index in [9.17, 15) is 5.26 Å². The van der Waals surface area contributed by atoms with Crippen LogP contribution in [0.25, 0.3) is 22.7 Å². The van der Waals surface area contributed by atoms with Gasteiger partial charge in [0.1, 0.15) is 24.3 Å². The van der Waals surface area contributed by atoms with Crippen molar-refractivity contribution >= 4 is 91.1 Å². The number of rotatable bonds is 5. The molecule has 0 bridgehead atoms. The minimum absolute atomic E-state index is 0.332. The van der Waals surface area contributed by atoms with E-state index in [1.807, 2.05) is 49.4 Å². The van der Waals surface area contributed by atoms with Crippen molar-refractivity contribution in [2.45, 2.75) is 13.5 Å². The molecule has 160 valence electrons. The average molecular weight is 686 g/mol. The SMILES string of the molecule is Cc1ccc2nc(/C(C#N)=C\c3cc(I)c(OCc4ccc(Cl)cc4Cl)c(I)c3)[nH]c2c1. The van der Waals surface area contributed by atoms with Gasteiger partial charge in [0.05, 0.1) is 23.7 Å². The molecular formula is C24H15Cl2I2N3O. The van der Waals surface area contributed by atoms with Crippen molar-refractivity contribution in [3.8, 4) is 11.8 Å². The van der Waals surface area contributed by atoms with Crippen molar-refractivity contribution in [1.29, 1.82) is 5.26 Å². The van der Waals surface area contributed by atoms with Crippen LogP contribution in [-0.4, -0.2) is 9.97 Å². The fourth-order valence-corrected chi connectivity index (χ4v) is 5.75. The molecule has 1 N–H and O–H groups in total. The van der Waals surface area contributed by atoms with Crippen molar-refractivity contribution in [1.82, 2.24) is 9.97 Å². The maximum atomic E-state index is 9.74. The van der Waals surface area contributed by atoms with E-state index in [2.05, 4.69) is 61.2 Å². The van der Waals surface area contributed by atoms with Crippen molar-refractivity contribution in [2.24, 2.45) is 0 Å². The maximum Gasteiger partial charge on any atom is 0.149 e. The molecule has 0 aliphatic rings. The molecule has 0 atom stereocenters. The van der Waals surface area contributed by atoms with Crippen LogP contribution in [0.1, 0.15) is 22.5 Å². The summed E-state index contributed by atoms with van der Waals surface area (Å²) in [5.74, 6) is 1.32. The summed E-state index contributed by atoms with van der Waals surface area (Å²) >= 11 is 16.7. The summed E-state index contributed by atoms with van der Waals surface area (Å²) in [5, 5.41) is 10.9. The van der Waals surface area contributed by atoms with E-state index in [0.29, 0.717) is 28.0 Å². The molecule has 4 aromatic rings. The summed E-state index contributed by atoms with van der Waals surface area (Å²) in [6.07, 6.45) is 1.83. The first-order valence-electron chi connectivity index (χ1n) is 9.48. The van der Waals surface area contributed by atoms with E-state index in [1.165, 1.54) is 0 Å². The molecule has 1 aromatic heterocycles. The van der Waals surface area contributed by atoms with Gasteiger partial charge in [0.25, 0.3) is 0 Å². The topological polar surface area (TPSA) is 61.7 Å². The van der Waals surface area contributed by atoms with Crippen LogP contribution in [0.3, 0.4) is 0 Å². The molecule has 4 nitrogen and oxygen atoms in total. The van der Waals surface area contributed by atoms with E-state index in [4.69, 9.17) is 27.9 Å². The molecule has 0 saturated carbocycles. The lowest BCUT2D eigenvalue weighted by atomic mass is 10.1. The molecule has 0 fully saturated rings. The minimum Gasteiger partial charge on any atom is -0.487 e. The molecule has 1 heterocycles. The number of aromatic nitrogens is 2. The minimum atomic E-state index is 0.332. The van der Waals surface area contributed by atoms with Crippen LogP contribution in [-0.2, 0) is 6.61 Å². The molecule has 32 heavy (non-hydrogen) atoms. The van der Waals surface area contributed by atoms with Crippen LogP contribution >= 0.6 is 68.4 Å². The van der Waals surface area contributed by atoms with E-state index >= 15 is 0 Å². The number of halogens is 4. The Morgan fingerprint density at radius 2 is 1.88 bits per heavy atom. The molecule has 8 heteroatoms. The Morgan fingerprint density at radius 3 is 2.56 bits per heavy atom. The first-order valence-corrected chi connectivity index (χ1v) is 12.4. The Kier molecular flexibility index (Phi) is 7.30. The quantitative estimate of drug-likeness (QED) is 0.171. The molecule has 4 rings (SSSR count). The number of aryl methyl sites for hydroxylation is 1. The zero-order valence-corrected chi connectivity index (χ0v) is 22.5. The van der Waals surface area contributed by atoms with E-state index in [0.717, 1.165) is 40.6 Å². The smallest absolute Gasteiger partial charge is 0.149 e. The average Bonchev–Trinajstić information content (AvgIpc) is 3.15. The van der Waals surface area contributed by atoms with Gasteiger partial charge in [-0.1, -0.05) is 35.3 Å². The molecule has 0 aliphatic heterocycles. The van der Waals surface area contributed by atoms with Gasteiger partial charge in [-0.25, -0.2) is 4.98 Å². The summed E-state index contributed by atoms with van der Waals surface area (Å²) in [7, 11) is 0. The van der Waals surface area contributed by atoms with E-state index in [1.54, 1.807) is 12.1 Å². The number of ether oxygens (including phenoxy) is 1. The lowest BCUT2D eigenvalue weighted by molar-refractivity contribution is 0.302. The second-order valence-corrected chi connectivity index (χ2v) is 10.3. The lowest BCUT2D eigenvalue weighted by Crippen LogP contribution is -2.00. The van der Waals surface area contributed by atoms with Gasteiger partial charge in [-0.2, -0.15) is 5.26 Å². The van der Waals surface area contributed by atoms with Crippen LogP contribution in [0.4, 0.5) is 0 Å². The van der Waals surface area contributed by atoms with Gasteiger partial charge in [0.15, 0.2) is 0 Å². The number of hydrogen-bond donors (Lipinski definition) is 1. The zero-order valence-electron chi connectivity index (χ0n) is 16.7. The first kappa shape index (κ1) is 23.4. The molecule has 3 aromatic carbocycles. The summed E-state index contributed by atoms with van der Waals surface area (Å²) in [5.41, 5.74) is 5.10. The van der Waals surface area contributed by atoms with Crippen molar-refractivity contribution in [2.75, 3.05) is 0 Å². The highest BCUT2D eigenvalue weighted by molar-refractivity contribution is 14.1. The predicted octanol–water partition coefficient (Wildman–Crippen LogP) is 8.03. The van der Waals surface area contributed by atoms with Gasteiger partial charge in [-0.15, -0.1) is 0 Å². The predicted molar refractivity (Wildman–Crippen MR) is 147 cm³/mol. The van der Waals surface area contributed by atoms with Crippen molar-refractivity contribution in [3.63, 3.8) is 0 Å². The van der Waals surface area contributed by atoms with Gasteiger partial charge in [0.2, 0.25) is 0 Å². The van der Waals surface area contributed by atoms with Crippen LogP contribution in [0.5, 0.6) is 5.75 Å². The molecule has 0 spiro atoms. The van der Waals surface area contributed by atoms with Gasteiger partial charge in [0, 0.05) is 15.6 Å². The fourth-order valence-electron chi connectivity index (χ4n) is 3.16. The standard InChI is InChI=1S/C24H15Cl2I2N3O/c1-13-2-5-21-22(6-13)31-24(30-21)16(11-29)7-14-8-19(27)23(20(28)9-14)32-12-15-3-4-17(25)10-18(15)26/h2-10H,12H2,1H3,(H,30,31)/b16-7-. The Morgan fingerprint density at radius 1 is 1.12 bits per heavy atom. The number of allylic oxidation sites excluding steroid dienone is 1. The Hall–Kier alpha value is -1.80. The normalized spacial score (nSPS) is 11.6. The first-order chi connectivity index (χ1) is 15.3. The second kappa shape index (κ2) is 10.00. The summed E-state index contributed by atoms with van der Waals surface area (Å²) in [4.78, 5) is 7.81. The molecular weight excluding hydrogens is 671 g/mol. The highest BCUT2D eigenvalue weighted by Gasteiger charge is 2.13. The van der Waals surface area contributed by atoms with Crippen LogP contribution in [0, 0.1) is 25.4 Å². The number of hydrogen-bond acceptors (Lipinski definition) is 3. The molecule has 0 radical (unpaired) electrons. The van der Waals surface area contributed by atoms with Gasteiger partial charge in [-0.05, 0) is 106 Å². The molecule has 0 unspecified atom stereocenters. The van der Waals surface area contributed by atoms with E-state index < -0.39 is 0 Å². The summed E-state index contributed by atoms with van der Waals surface area (Å²) in [6, 6.07) is 17.5. The molecule has 0 saturated heterocycles. The molecule has 0 amide bonds. The summed E-state index contributed by atoms with van der Waals surface area (Å²) < 4.78 is 7.92. The van der Waals surface area contributed by atoms with Crippen LogP contribution in [0.2, 0.25) is 10.0 Å². The third-order valence-corrected chi connectivity index (χ3v) is 6.92. The number of fused-ring (bicyclic) bond motifs is 1. The lowest BCUT2D eigenvalue weighted by Gasteiger charge is -2.12. The number of nitriles is 1. The van der Waals surface area contributed by atoms with Crippen LogP contribution in [0.15, 0.2) is 48.5 Å². The molecule has 0 aliphatic carbocycles. The Balaban J connectivity index is 1.61.